The third-order valence-electron chi connectivity index (χ3n) is 14.2. The number of nitrogens with zero attached hydrogens (tertiary/aromatic N) is 1. The third kappa shape index (κ3) is 4.91. The lowest BCUT2D eigenvalue weighted by molar-refractivity contribution is 0.660. The van der Waals surface area contributed by atoms with Crippen molar-refractivity contribution in [2.45, 2.75) is 38.5 Å². The number of hydrogen-bond acceptors (Lipinski definition) is 3. The van der Waals surface area contributed by atoms with Gasteiger partial charge in [-0.15, -0.1) is 0 Å². The number of pyridine rings is 1. The highest BCUT2D eigenvalue weighted by Crippen LogP contribution is 2.53. The van der Waals surface area contributed by atoms with E-state index in [4.69, 9.17) is 13.8 Å². The first-order chi connectivity index (χ1) is 30.2. The number of hydrogen-bond donors (Lipinski definition) is 0. The van der Waals surface area contributed by atoms with Crippen molar-refractivity contribution in [1.29, 1.82) is 0 Å². The maximum Gasteiger partial charge on any atom is 0.143 e. The number of furan rings is 2. The Morgan fingerprint density at radius 2 is 0.694 bits per heavy atom. The van der Waals surface area contributed by atoms with Gasteiger partial charge in [-0.2, -0.15) is 0 Å². The van der Waals surface area contributed by atoms with Gasteiger partial charge in [0, 0.05) is 67.0 Å². The summed E-state index contributed by atoms with van der Waals surface area (Å²) >= 11 is 0. The molecule has 294 valence electrons. The topological polar surface area (TPSA) is 39.2 Å². The van der Waals surface area contributed by atoms with Crippen LogP contribution in [-0.4, -0.2) is 4.98 Å². The van der Waals surface area contributed by atoms with Gasteiger partial charge in [-0.3, -0.25) is 4.98 Å². The lowest BCUT2D eigenvalue weighted by Crippen LogP contribution is -2.14. The molecule has 3 heteroatoms. The predicted octanol–water partition coefficient (Wildman–Crippen LogP) is 16.2. The molecule has 11 aromatic rings. The van der Waals surface area contributed by atoms with Gasteiger partial charge in [-0.25, -0.2) is 0 Å². The van der Waals surface area contributed by atoms with Gasteiger partial charge >= 0.3 is 0 Å². The molecule has 0 bridgehead atoms. The average molecular weight is 796 g/mol. The van der Waals surface area contributed by atoms with E-state index in [0.717, 1.165) is 88.4 Å². The SMILES string of the molecule is CC1(C)c2ccc(-c3cncc(-c4ccc5c(c4)-c4cc(-c6cccc7c6oc6ccccc67)ccc4C5(C)C)c3)cc2-c2cc(-c3cccc4c3oc3ccccc34)ccc21. The summed E-state index contributed by atoms with van der Waals surface area (Å²) in [5, 5.41) is 4.58. The molecule has 0 N–H and O–H groups in total. The summed E-state index contributed by atoms with van der Waals surface area (Å²) in [6.07, 6.45) is 4.00. The fraction of sp³-hybridized carbons (Fsp3) is 0.102. The van der Waals surface area contributed by atoms with Gasteiger partial charge in [0.25, 0.3) is 0 Å². The van der Waals surface area contributed by atoms with Crippen LogP contribution in [-0.2, 0) is 10.8 Å². The van der Waals surface area contributed by atoms with E-state index in [0.29, 0.717) is 0 Å². The van der Waals surface area contributed by atoms with E-state index in [1.807, 2.05) is 24.5 Å². The van der Waals surface area contributed by atoms with Crippen molar-refractivity contribution in [3.63, 3.8) is 0 Å². The summed E-state index contributed by atoms with van der Waals surface area (Å²) in [7, 11) is 0. The first-order valence-electron chi connectivity index (χ1n) is 21.6. The van der Waals surface area contributed by atoms with Gasteiger partial charge in [0.1, 0.15) is 22.3 Å². The summed E-state index contributed by atoms with van der Waals surface area (Å²) in [5.74, 6) is 0. The summed E-state index contributed by atoms with van der Waals surface area (Å²) < 4.78 is 13.0. The maximum atomic E-state index is 6.48. The molecule has 0 aliphatic heterocycles. The van der Waals surface area contributed by atoms with Crippen LogP contribution >= 0.6 is 0 Å². The zero-order valence-corrected chi connectivity index (χ0v) is 35.0. The zero-order valence-electron chi connectivity index (χ0n) is 35.0. The molecule has 0 fully saturated rings. The highest BCUT2D eigenvalue weighted by atomic mass is 16.3. The molecule has 2 aliphatic carbocycles. The van der Waals surface area contributed by atoms with E-state index in [-0.39, 0.29) is 10.8 Å². The van der Waals surface area contributed by atoms with Gasteiger partial charge in [-0.1, -0.05) is 149 Å². The molecule has 8 aromatic carbocycles. The van der Waals surface area contributed by atoms with Crippen molar-refractivity contribution >= 4 is 43.9 Å². The van der Waals surface area contributed by atoms with Crippen molar-refractivity contribution in [3.05, 3.63) is 198 Å². The molecule has 0 radical (unpaired) electrons. The lowest BCUT2D eigenvalue weighted by atomic mass is 9.81. The first-order valence-corrected chi connectivity index (χ1v) is 21.6. The van der Waals surface area contributed by atoms with E-state index in [9.17, 15) is 0 Å². The predicted molar refractivity (Wildman–Crippen MR) is 256 cm³/mol. The Bertz CT molecular complexity index is 3470. The van der Waals surface area contributed by atoms with Gasteiger partial charge in [-0.05, 0) is 109 Å². The van der Waals surface area contributed by atoms with E-state index in [2.05, 4.69) is 179 Å². The number of benzene rings is 8. The summed E-state index contributed by atoms with van der Waals surface area (Å²) in [6, 6.07) is 59.8. The van der Waals surface area contributed by atoms with Gasteiger partial charge in [0.2, 0.25) is 0 Å². The molecule has 2 aliphatic rings. The number of rotatable bonds is 4. The van der Waals surface area contributed by atoms with Crippen LogP contribution in [0.4, 0.5) is 0 Å². The minimum atomic E-state index is -0.125. The van der Waals surface area contributed by atoms with Crippen molar-refractivity contribution in [3.8, 4) is 66.8 Å². The molecule has 3 aromatic heterocycles. The maximum absolute atomic E-state index is 6.48. The molecule has 0 saturated heterocycles. The molecule has 0 saturated carbocycles. The zero-order chi connectivity index (χ0) is 41.5. The third-order valence-corrected chi connectivity index (χ3v) is 14.2. The van der Waals surface area contributed by atoms with Gasteiger partial charge in [0.05, 0.1) is 0 Å². The molecular formula is C59H41NO2. The van der Waals surface area contributed by atoms with Crippen molar-refractivity contribution in [2.24, 2.45) is 0 Å². The largest absolute Gasteiger partial charge is 0.455 e. The summed E-state index contributed by atoms with van der Waals surface area (Å²) in [4.78, 5) is 4.85. The molecule has 0 spiro atoms. The molecule has 0 unspecified atom stereocenters. The van der Waals surface area contributed by atoms with Crippen LogP contribution in [0.5, 0.6) is 0 Å². The molecule has 3 nitrogen and oxygen atoms in total. The Morgan fingerprint density at radius 1 is 0.323 bits per heavy atom. The van der Waals surface area contributed by atoms with E-state index < -0.39 is 0 Å². The standard InChI is InChI=1S/C59H41NO2/c1-58(2)50-23-19-34(28-46(50)48-30-36(21-25-52(48)58)40-13-9-15-44-42-11-5-7-17-54(42)61-56(40)44)38-27-39(33-60-32-38)35-20-24-51-47(29-35)49-31-37(22-26-53(49)59(51,3)4)41-14-10-16-45-43-12-6-8-18-55(43)62-57(41)45/h5-33H,1-4H3. The van der Waals surface area contributed by atoms with Crippen LogP contribution in [0, 0.1) is 0 Å². The molecule has 0 amide bonds. The van der Waals surface area contributed by atoms with Crippen LogP contribution < -0.4 is 0 Å². The second-order valence-electron chi connectivity index (χ2n) is 18.3. The Hall–Kier alpha value is -7.49. The first kappa shape index (κ1) is 35.3. The molecule has 62 heavy (non-hydrogen) atoms. The van der Waals surface area contributed by atoms with E-state index >= 15 is 0 Å². The van der Waals surface area contributed by atoms with Crippen LogP contribution in [0.25, 0.3) is 111 Å². The minimum Gasteiger partial charge on any atom is -0.455 e. The normalized spacial score (nSPS) is 14.4. The smallest absolute Gasteiger partial charge is 0.143 e. The summed E-state index contributed by atoms with van der Waals surface area (Å²) in [6.45, 7) is 9.37. The quantitative estimate of drug-likeness (QED) is 0.178. The van der Waals surface area contributed by atoms with Crippen LogP contribution in [0.3, 0.4) is 0 Å². The van der Waals surface area contributed by atoms with E-state index in [1.54, 1.807) is 0 Å². The number of para-hydroxylation sites is 4. The summed E-state index contributed by atoms with van der Waals surface area (Å²) in [5.41, 5.74) is 23.0. The Morgan fingerprint density at radius 3 is 1.13 bits per heavy atom. The molecule has 0 atom stereocenters. The fourth-order valence-electron chi connectivity index (χ4n) is 10.9. The molecule has 13 rings (SSSR count). The molecular weight excluding hydrogens is 755 g/mol. The second kappa shape index (κ2) is 12.5. The Balaban J connectivity index is 0.883. The monoisotopic (exact) mass is 795 g/mol. The van der Waals surface area contributed by atoms with Gasteiger partial charge < -0.3 is 8.83 Å². The Kier molecular flexibility index (Phi) is 7.13. The van der Waals surface area contributed by atoms with Crippen molar-refractivity contribution in [2.75, 3.05) is 0 Å². The average Bonchev–Trinajstić information content (AvgIpc) is 4.01. The number of aromatic nitrogens is 1. The van der Waals surface area contributed by atoms with Crippen LogP contribution in [0.15, 0.2) is 185 Å². The van der Waals surface area contributed by atoms with Crippen LogP contribution in [0.1, 0.15) is 49.9 Å². The fourth-order valence-corrected chi connectivity index (χ4v) is 10.9. The molecule has 3 heterocycles. The van der Waals surface area contributed by atoms with E-state index in [1.165, 1.54) is 44.5 Å². The van der Waals surface area contributed by atoms with Gasteiger partial charge in [0.15, 0.2) is 0 Å². The highest BCUT2D eigenvalue weighted by Gasteiger charge is 2.37. The highest BCUT2D eigenvalue weighted by molar-refractivity contribution is 6.11. The van der Waals surface area contributed by atoms with Crippen molar-refractivity contribution < 1.29 is 8.83 Å². The van der Waals surface area contributed by atoms with Crippen molar-refractivity contribution in [1.82, 2.24) is 4.98 Å². The lowest BCUT2D eigenvalue weighted by Gasteiger charge is -2.22. The second-order valence-corrected chi connectivity index (χ2v) is 18.3. The van der Waals surface area contributed by atoms with Crippen LogP contribution in [0.2, 0.25) is 0 Å². The minimum absolute atomic E-state index is 0.125. The number of fused-ring (bicyclic) bond motifs is 12. The Labute approximate surface area is 359 Å².